The molecule has 0 unspecified atom stereocenters. The maximum Gasteiger partial charge on any atom is 0.338 e. The van der Waals surface area contributed by atoms with Gasteiger partial charge in [-0.1, -0.05) is 11.6 Å². The van der Waals surface area contributed by atoms with Crippen molar-refractivity contribution >= 4 is 40.9 Å². The van der Waals surface area contributed by atoms with Crippen molar-refractivity contribution in [3.05, 3.63) is 41.0 Å². The van der Waals surface area contributed by atoms with Gasteiger partial charge in [0.1, 0.15) is 5.82 Å². The summed E-state index contributed by atoms with van der Waals surface area (Å²) in [6.45, 7) is 5.92. The molecule has 1 aromatic heterocycles. The molecule has 1 aromatic carbocycles. The molecule has 1 aliphatic heterocycles. The van der Waals surface area contributed by atoms with Crippen LogP contribution in [-0.2, 0) is 14.3 Å². The lowest BCUT2D eigenvalue weighted by Gasteiger charge is -2.19. The highest BCUT2D eigenvalue weighted by molar-refractivity contribution is 6.34. The summed E-state index contributed by atoms with van der Waals surface area (Å²) in [6, 6.07) is 6.31. The first kappa shape index (κ1) is 20.9. The van der Waals surface area contributed by atoms with E-state index in [1.165, 1.54) is 19.1 Å². The van der Waals surface area contributed by atoms with Gasteiger partial charge in [0.15, 0.2) is 6.10 Å². The number of hydrogen-bond donors (Lipinski definition) is 1. The number of nitrogens with one attached hydrogen (secondary N) is 1. The predicted molar refractivity (Wildman–Crippen MR) is 109 cm³/mol. The number of benzene rings is 1. The van der Waals surface area contributed by atoms with Crippen molar-refractivity contribution in [2.75, 3.05) is 16.8 Å². The first-order valence-corrected chi connectivity index (χ1v) is 9.81. The van der Waals surface area contributed by atoms with Crippen molar-refractivity contribution in [3.8, 4) is 0 Å². The monoisotopic (exact) mass is 418 g/mol. The highest BCUT2D eigenvalue weighted by Crippen LogP contribution is 2.30. The molecule has 1 atom stereocenters. The number of esters is 1. The van der Waals surface area contributed by atoms with E-state index in [1.54, 1.807) is 27.9 Å². The molecule has 0 spiro atoms. The van der Waals surface area contributed by atoms with Crippen LogP contribution in [0.2, 0.25) is 5.02 Å². The fourth-order valence-electron chi connectivity index (χ4n) is 3.08. The molecular formula is C20H23ClN4O4. The second-order valence-corrected chi connectivity index (χ2v) is 7.51. The van der Waals surface area contributed by atoms with Crippen LogP contribution >= 0.6 is 11.6 Å². The zero-order chi connectivity index (χ0) is 21.1. The second-order valence-electron chi connectivity index (χ2n) is 7.11. The second kappa shape index (κ2) is 8.65. The Balaban J connectivity index is 1.68. The van der Waals surface area contributed by atoms with Crippen LogP contribution in [0, 0.1) is 0 Å². The summed E-state index contributed by atoms with van der Waals surface area (Å²) in [6.07, 6.45) is 1.76. The van der Waals surface area contributed by atoms with Gasteiger partial charge in [0.05, 0.1) is 22.5 Å². The molecule has 2 aromatic rings. The number of aromatic nitrogens is 2. The number of halogens is 1. The first-order valence-electron chi connectivity index (χ1n) is 9.43. The smallest absolute Gasteiger partial charge is 0.338 e. The van der Waals surface area contributed by atoms with E-state index in [-0.39, 0.29) is 17.5 Å². The predicted octanol–water partition coefficient (Wildman–Crippen LogP) is 3.43. The van der Waals surface area contributed by atoms with E-state index in [0.717, 1.165) is 6.42 Å². The van der Waals surface area contributed by atoms with Crippen LogP contribution in [0.4, 0.5) is 11.5 Å². The van der Waals surface area contributed by atoms with Gasteiger partial charge in [0, 0.05) is 25.1 Å². The lowest BCUT2D eigenvalue weighted by Crippen LogP contribution is -2.31. The minimum atomic E-state index is -1.02. The first-order chi connectivity index (χ1) is 13.8. The Labute approximate surface area is 173 Å². The summed E-state index contributed by atoms with van der Waals surface area (Å²) in [5.41, 5.74) is 0.692. The van der Waals surface area contributed by atoms with E-state index in [2.05, 4.69) is 10.4 Å². The van der Waals surface area contributed by atoms with E-state index in [0.29, 0.717) is 29.5 Å². The van der Waals surface area contributed by atoms with E-state index < -0.39 is 18.0 Å². The highest BCUT2D eigenvalue weighted by Gasteiger charge is 2.26. The van der Waals surface area contributed by atoms with Gasteiger partial charge in [-0.15, -0.1) is 0 Å². The van der Waals surface area contributed by atoms with Gasteiger partial charge in [0.25, 0.3) is 5.91 Å². The molecule has 9 heteroatoms. The number of amides is 2. The van der Waals surface area contributed by atoms with Crippen LogP contribution in [0.25, 0.3) is 0 Å². The molecule has 2 heterocycles. The topological polar surface area (TPSA) is 93.5 Å². The summed E-state index contributed by atoms with van der Waals surface area (Å²) in [5, 5.41) is 7.24. The number of nitrogens with zero attached hydrogens (tertiary/aromatic N) is 3. The Morgan fingerprint density at radius 2 is 2.00 bits per heavy atom. The third-order valence-electron chi connectivity index (χ3n) is 4.61. The molecule has 8 nitrogen and oxygen atoms in total. The Morgan fingerprint density at radius 1 is 1.24 bits per heavy atom. The van der Waals surface area contributed by atoms with Crippen molar-refractivity contribution < 1.29 is 19.1 Å². The lowest BCUT2D eigenvalue weighted by molar-refractivity contribution is -0.123. The molecule has 0 radical (unpaired) electrons. The number of ether oxygens (including phenoxy) is 1. The van der Waals surface area contributed by atoms with Crippen molar-refractivity contribution in [2.45, 2.75) is 45.8 Å². The summed E-state index contributed by atoms with van der Waals surface area (Å²) in [5.74, 6) is -0.652. The van der Waals surface area contributed by atoms with Crippen LogP contribution in [0.15, 0.2) is 30.5 Å². The van der Waals surface area contributed by atoms with Gasteiger partial charge in [-0.05, 0) is 45.4 Å². The van der Waals surface area contributed by atoms with Crippen molar-refractivity contribution in [2.24, 2.45) is 0 Å². The standard InChI is InChI=1S/C20H23ClN4O4/c1-12(2)25-17(8-9-22-25)23-19(27)13(3)29-20(28)14-6-7-15(21)16(11-14)24-10-4-5-18(24)26/h6-9,11-13H,4-5,10H2,1-3H3,(H,23,27)/t13-/m1/s1. The Morgan fingerprint density at radius 3 is 2.66 bits per heavy atom. The van der Waals surface area contributed by atoms with E-state index >= 15 is 0 Å². The van der Waals surface area contributed by atoms with Crippen molar-refractivity contribution in [3.63, 3.8) is 0 Å². The normalized spacial score (nSPS) is 14.9. The number of carbonyl (C=O) groups is 3. The van der Waals surface area contributed by atoms with Gasteiger partial charge in [0.2, 0.25) is 5.91 Å². The van der Waals surface area contributed by atoms with Gasteiger partial charge in [-0.25, -0.2) is 9.48 Å². The quantitative estimate of drug-likeness (QED) is 0.725. The van der Waals surface area contributed by atoms with Crippen molar-refractivity contribution in [1.29, 1.82) is 0 Å². The van der Waals surface area contributed by atoms with Crippen LogP contribution < -0.4 is 10.2 Å². The third-order valence-corrected chi connectivity index (χ3v) is 4.93. The molecular weight excluding hydrogens is 396 g/mol. The third kappa shape index (κ3) is 4.59. The Bertz CT molecular complexity index is 940. The number of anilines is 2. The van der Waals surface area contributed by atoms with Crippen LogP contribution in [0.5, 0.6) is 0 Å². The fraction of sp³-hybridized carbons (Fsp3) is 0.400. The average Bonchev–Trinajstić information content (AvgIpc) is 3.30. The molecule has 1 saturated heterocycles. The summed E-state index contributed by atoms with van der Waals surface area (Å²) >= 11 is 6.20. The largest absolute Gasteiger partial charge is 0.449 e. The average molecular weight is 419 g/mol. The van der Waals surface area contributed by atoms with E-state index in [4.69, 9.17) is 16.3 Å². The fourth-order valence-corrected chi connectivity index (χ4v) is 3.30. The molecule has 2 amide bonds. The highest BCUT2D eigenvalue weighted by atomic mass is 35.5. The zero-order valence-electron chi connectivity index (χ0n) is 16.5. The summed E-state index contributed by atoms with van der Waals surface area (Å²) in [4.78, 5) is 38.5. The van der Waals surface area contributed by atoms with Crippen LogP contribution in [-0.4, -0.2) is 40.2 Å². The molecule has 0 saturated carbocycles. The van der Waals surface area contributed by atoms with Gasteiger partial charge >= 0.3 is 5.97 Å². The minimum Gasteiger partial charge on any atom is -0.449 e. The van der Waals surface area contributed by atoms with Gasteiger partial charge in [-0.3, -0.25) is 9.59 Å². The van der Waals surface area contributed by atoms with Gasteiger partial charge in [-0.2, -0.15) is 5.10 Å². The molecule has 0 bridgehead atoms. The number of rotatable bonds is 6. The van der Waals surface area contributed by atoms with Crippen molar-refractivity contribution in [1.82, 2.24) is 9.78 Å². The Kier molecular flexibility index (Phi) is 6.22. The SMILES string of the molecule is CC(C)n1nccc1NC(=O)[C@@H](C)OC(=O)c1ccc(Cl)c(N2CCCC2=O)c1. The molecule has 29 heavy (non-hydrogen) atoms. The Hall–Kier alpha value is -2.87. The molecule has 0 aliphatic carbocycles. The van der Waals surface area contributed by atoms with Crippen LogP contribution in [0.1, 0.15) is 50.0 Å². The van der Waals surface area contributed by atoms with Crippen LogP contribution in [0.3, 0.4) is 0 Å². The van der Waals surface area contributed by atoms with E-state index in [1.807, 2.05) is 13.8 Å². The number of hydrogen-bond acceptors (Lipinski definition) is 5. The zero-order valence-corrected chi connectivity index (χ0v) is 17.3. The maximum absolute atomic E-state index is 12.5. The summed E-state index contributed by atoms with van der Waals surface area (Å²) in [7, 11) is 0. The summed E-state index contributed by atoms with van der Waals surface area (Å²) < 4.78 is 6.96. The molecule has 1 fully saturated rings. The molecule has 1 aliphatic rings. The molecule has 3 rings (SSSR count). The maximum atomic E-state index is 12.5. The minimum absolute atomic E-state index is 0.0353. The molecule has 1 N–H and O–H groups in total. The van der Waals surface area contributed by atoms with E-state index in [9.17, 15) is 14.4 Å². The van der Waals surface area contributed by atoms with Gasteiger partial charge < -0.3 is 15.0 Å². The number of carbonyl (C=O) groups excluding carboxylic acids is 3. The lowest BCUT2D eigenvalue weighted by atomic mass is 10.2. The molecule has 154 valence electrons.